The lowest BCUT2D eigenvalue weighted by molar-refractivity contribution is -0.385. The Balaban J connectivity index is 2.20. The molecule has 0 saturated carbocycles. The number of benzene rings is 1. The van der Waals surface area contributed by atoms with Crippen LogP contribution in [0.25, 0.3) is 0 Å². The van der Waals surface area contributed by atoms with Crippen molar-refractivity contribution < 1.29 is 18.1 Å². The van der Waals surface area contributed by atoms with Gasteiger partial charge in [-0.1, -0.05) is 6.07 Å². The Morgan fingerprint density at radius 2 is 2.10 bits per heavy atom. The number of nitro benzene ring substituents is 1. The largest absolute Gasteiger partial charge is 0.436 e. The van der Waals surface area contributed by atoms with E-state index in [1.807, 2.05) is 0 Å². The van der Waals surface area contributed by atoms with Crippen LogP contribution >= 0.6 is 0 Å². The second-order valence-electron chi connectivity index (χ2n) is 4.14. The van der Waals surface area contributed by atoms with Gasteiger partial charge in [0.2, 0.25) is 0 Å². The Morgan fingerprint density at radius 1 is 1.40 bits per heavy atom. The van der Waals surface area contributed by atoms with E-state index in [-0.39, 0.29) is 12.2 Å². The van der Waals surface area contributed by atoms with Crippen molar-refractivity contribution in [2.24, 2.45) is 0 Å². The fourth-order valence-electron chi connectivity index (χ4n) is 1.69. The van der Waals surface area contributed by atoms with Gasteiger partial charge in [-0.05, 0) is 18.6 Å². The maximum atomic E-state index is 12.4. The fourth-order valence-corrected chi connectivity index (χ4v) is 1.69. The molecule has 0 aliphatic rings. The number of aryl methyl sites for hydroxylation is 1. The summed E-state index contributed by atoms with van der Waals surface area (Å²) in [6, 6.07) is 4.29. The van der Waals surface area contributed by atoms with Crippen LogP contribution in [0, 0.1) is 17.0 Å². The van der Waals surface area contributed by atoms with Crippen LogP contribution in [0.4, 0.5) is 18.9 Å². The molecule has 0 aliphatic heterocycles. The first-order chi connectivity index (χ1) is 9.27. The molecule has 106 valence electrons. The zero-order chi connectivity index (χ0) is 14.9. The number of hydrogen-bond donors (Lipinski definition) is 0. The summed E-state index contributed by atoms with van der Waals surface area (Å²) in [5.41, 5.74) is -0.109. The van der Waals surface area contributed by atoms with Crippen LogP contribution in [0.3, 0.4) is 0 Å². The SMILES string of the molecule is Cc1cc(Cn2ncc(C(F)(F)F)n2)ccc1[N+](=O)[O-]. The van der Waals surface area contributed by atoms with E-state index in [4.69, 9.17) is 0 Å². The molecule has 1 heterocycles. The van der Waals surface area contributed by atoms with Gasteiger partial charge < -0.3 is 0 Å². The monoisotopic (exact) mass is 286 g/mol. The first kappa shape index (κ1) is 14.0. The molecule has 6 nitrogen and oxygen atoms in total. The van der Waals surface area contributed by atoms with Crippen LogP contribution in [0.5, 0.6) is 0 Å². The molecule has 0 fully saturated rings. The fraction of sp³-hybridized carbons (Fsp3) is 0.273. The quantitative estimate of drug-likeness (QED) is 0.642. The van der Waals surface area contributed by atoms with Crippen LogP contribution in [0.1, 0.15) is 16.8 Å². The van der Waals surface area contributed by atoms with E-state index in [0.717, 1.165) is 4.80 Å². The van der Waals surface area contributed by atoms with E-state index in [2.05, 4.69) is 10.2 Å². The smallest absolute Gasteiger partial charge is 0.258 e. The third-order valence-corrected chi connectivity index (χ3v) is 2.61. The van der Waals surface area contributed by atoms with Crippen molar-refractivity contribution in [3.63, 3.8) is 0 Å². The normalized spacial score (nSPS) is 11.6. The van der Waals surface area contributed by atoms with Crippen LogP contribution in [0.15, 0.2) is 24.4 Å². The molecule has 2 rings (SSSR count). The van der Waals surface area contributed by atoms with Gasteiger partial charge in [0.25, 0.3) is 5.69 Å². The first-order valence-electron chi connectivity index (χ1n) is 5.48. The molecule has 9 heteroatoms. The summed E-state index contributed by atoms with van der Waals surface area (Å²) >= 11 is 0. The maximum Gasteiger partial charge on any atom is 0.436 e. The number of alkyl halides is 3. The van der Waals surface area contributed by atoms with Crippen LogP contribution in [-0.2, 0) is 12.7 Å². The van der Waals surface area contributed by atoms with E-state index in [0.29, 0.717) is 17.3 Å². The van der Waals surface area contributed by atoms with E-state index >= 15 is 0 Å². The highest BCUT2D eigenvalue weighted by Crippen LogP contribution is 2.26. The predicted molar refractivity (Wildman–Crippen MR) is 62.0 cm³/mol. The number of hydrogen-bond acceptors (Lipinski definition) is 4. The summed E-state index contributed by atoms with van der Waals surface area (Å²) in [6.07, 6.45) is -3.90. The predicted octanol–water partition coefficient (Wildman–Crippen LogP) is 2.56. The second-order valence-corrected chi connectivity index (χ2v) is 4.14. The topological polar surface area (TPSA) is 73.8 Å². The highest BCUT2D eigenvalue weighted by atomic mass is 19.4. The molecule has 0 aliphatic carbocycles. The molecular formula is C11H9F3N4O2. The summed E-state index contributed by atoms with van der Waals surface area (Å²) in [4.78, 5) is 11.0. The Kier molecular flexibility index (Phi) is 3.43. The Hall–Kier alpha value is -2.45. The first-order valence-corrected chi connectivity index (χ1v) is 5.48. The van der Waals surface area contributed by atoms with Gasteiger partial charge in [0.05, 0.1) is 17.7 Å². The van der Waals surface area contributed by atoms with Gasteiger partial charge in [0, 0.05) is 11.6 Å². The summed E-state index contributed by atoms with van der Waals surface area (Å²) in [7, 11) is 0. The van der Waals surface area contributed by atoms with Gasteiger partial charge in [0.1, 0.15) is 0 Å². The van der Waals surface area contributed by atoms with E-state index in [9.17, 15) is 23.3 Å². The second kappa shape index (κ2) is 4.91. The molecule has 0 radical (unpaired) electrons. The van der Waals surface area contributed by atoms with Crippen molar-refractivity contribution in [2.45, 2.75) is 19.6 Å². The third kappa shape index (κ3) is 2.92. The average molecular weight is 286 g/mol. The lowest BCUT2D eigenvalue weighted by Gasteiger charge is -2.03. The third-order valence-electron chi connectivity index (χ3n) is 2.61. The lowest BCUT2D eigenvalue weighted by atomic mass is 10.1. The van der Waals surface area contributed by atoms with E-state index in [1.165, 1.54) is 18.2 Å². The number of nitrogens with zero attached hydrogens (tertiary/aromatic N) is 4. The minimum absolute atomic E-state index is 0.00884. The highest BCUT2D eigenvalue weighted by Gasteiger charge is 2.34. The van der Waals surface area contributed by atoms with Gasteiger partial charge in [-0.2, -0.15) is 23.1 Å². The minimum Gasteiger partial charge on any atom is -0.258 e. The number of rotatable bonds is 3. The molecule has 0 spiro atoms. The molecule has 20 heavy (non-hydrogen) atoms. The van der Waals surface area contributed by atoms with Gasteiger partial charge >= 0.3 is 6.18 Å². The zero-order valence-electron chi connectivity index (χ0n) is 10.3. The number of aromatic nitrogens is 3. The summed E-state index contributed by atoms with van der Waals surface area (Å²) < 4.78 is 37.1. The summed E-state index contributed by atoms with van der Waals surface area (Å²) in [5.74, 6) is 0. The summed E-state index contributed by atoms with van der Waals surface area (Å²) in [6.45, 7) is 1.56. The average Bonchev–Trinajstić information content (AvgIpc) is 2.76. The van der Waals surface area contributed by atoms with Crippen molar-refractivity contribution in [1.82, 2.24) is 15.0 Å². The van der Waals surface area contributed by atoms with Crippen molar-refractivity contribution in [3.05, 3.63) is 51.3 Å². The Morgan fingerprint density at radius 3 is 2.60 bits per heavy atom. The molecule has 0 N–H and O–H groups in total. The van der Waals surface area contributed by atoms with Crippen LogP contribution < -0.4 is 0 Å². The van der Waals surface area contributed by atoms with Crippen LogP contribution in [0.2, 0.25) is 0 Å². The van der Waals surface area contributed by atoms with Crippen molar-refractivity contribution in [2.75, 3.05) is 0 Å². The molecule has 1 aromatic carbocycles. The Bertz CT molecular complexity index is 651. The van der Waals surface area contributed by atoms with E-state index < -0.39 is 16.8 Å². The molecular weight excluding hydrogens is 277 g/mol. The standard InChI is InChI=1S/C11H9F3N4O2/c1-7-4-8(2-3-9(7)18(19)20)6-17-15-5-10(16-17)11(12,13)14/h2-5H,6H2,1H3. The molecule has 0 saturated heterocycles. The molecule has 2 aromatic rings. The van der Waals surface area contributed by atoms with Gasteiger partial charge in [-0.15, -0.1) is 5.10 Å². The van der Waals surface area contributed by atoms with Gasteiger partial charge in [0.15, 0.2) is 5.69 Å². The molecule has 0 unspecified atom stereocenters. The molecule has 0 amide bonds. The van der Waals surface area contributed by atoms with Gasteiger partial charge in [-0.25, -0.2) is 0 Å². The van der Waals surface area contributed by atoms with E-state index in [1.54, 1.807) is 6.92 Å². The highest BCUT2D eigenvalue weighted by molar-refractivity contribution is 5.41. The van der Waals surface area contributed by atoms with Crippen molar-refractivity contribution in [3.8, 4) is 0 Å². The van der Waals surface area contributed by atoms with Gasteiger partial charge in [-0.3, -0.25) is 10.1 Å². The van der Waals surface area contributed by atoms with Crippen molar-refractivity contribution in [1.29, 1.82) is 0 Å². The summed E-state index contributed by atoms with van der Waals surface area (Å²) in [5, 5.41) is 17.5. The lowest BCUT2D eigenvalue weighted by Crippen LogP contribution is -2.09. The molecule has 1 aromatic heterocycles. The van der Waals surface area contributed by atoms with Crippen molar-refractivity contribution >= 4 is 5.69 Å². The zero-order valence-corrected chi connectivity index (χ0v) is 10.3. The maximum absolute atomic E-state index is 12.4. The van der Waals surface area contributed by atoms with Crippen LogP contribution in [-0.4, -0.2) is 19.9 Å². The number of halogens is 3. The number of nitro groups is 1. The minimum atomic E-state index is -4.54. The molecule has 0 atom stereocenters. The Labute approximate surface area is 111 Å². The molecule has 0 bridgehead atoms.